The number of nitrogens with zero attached hydrogens (tertiary/aromatic N) is 1. The predicted molar refractivity (Wildman–Crippen MR) is 90.7 cm³/mol. The highest BCUT2D eigenvalue weighted by Crippen LogP contribution is 2.13. The van der Waals surface area contributed by atoms with Gasteiger partial charge in [0, 0.05) is 0 Å². The van der Waals surface area contributed by atoms with Gasteiger partial charge in [-0.3, -0.25) is 0 Å². The van der Waals surface area contributed by atoms with Gasteiger partial charge in [0.25, 0.3) is 0 Å². The molecule has 1 N–H and O–H groups in total. The smallest absolute Gasteiger partial charge is 0.338 e. The molecule has 0 bridgehead atoms. The quantitative estimate of drug-likeness (QED) is 0.630. The van der Waals surface area contributed by atoms with Crippen LogP contribution >= 0.6 is 0 Å². The van der Waals surface area contributed by atoms with Crippen LogP contribution in [0.3, 0.4) is 0 Å². The monoisotopic (exact) mass is 354 g/mol. The summed E-state index contributed by atoms with van der Waals surface area (Å²) in [6, 6.07) is 14.1. The molecule has 126 valence electrons. The zero-order chi connectivity index (χ0) is 18.3. The lowest BCUT2D eigenvalue weighted by molar-refractivity contribution is 0.0472. The van der Waals surface area contributed by atoms with Gasteiger partial charge in [0.1, 0.15) is 6.61 Å². The first kappa shape index (κ1) is 18.2. The molecular weight excluding hydrogens is 340 g/mol. The first-order valence-electron chi connectivity index (χ1n) is 7.15. The van der Waals surface area contributed by atoms with Gasteiger partial charge in [-0.1, -0.05) is 24.1 Å². The van der Waals surface area contributed by atoms with E-state index in [0.717, 1.165) is 0 Å². The third-order valence-corrected chi connectivity index (χ3v) is 4.60. The Morgan fingerprint density at radius 2 is 1.92 bits per heavy atom. The molecule has 0 aliphatic carbocycles. The van der Waals surface area contributed by atoms with Crippen LogP contribution in [-0.2, 0) is 21.4 Å². The Bertz CT molecular complexity index is 952. The van der Waals surface area contributed by atoms with Crippen LogP contribution in [0.5, 0.6) is 0 Å². The van der Waals surface area contributed by atoms with E-state index in [4.69, 9.17) is 16.4 Å². The number of carbonyl (C=O) groups excluding carboxylic acids is 1. The lowest BCUT2D eigenvalue weighted by Crippen LogP contribution is -2.24. The summed E-state index contributed by atoms with van der Waals surface area (Å²) in [6.45, 7) is -0.132. The average Bonchev–Trinajstić information content (AvgIpc) is 2.65. The Kier molecular flexibility index (Phi) is 5.91. The van der Waals surface area contributed by atoms with E-state index in [0.29, 0.717) is 11.1 Å². The van der Waals surface area contributed by atoms with Crippen LogP contribution < -0.4 is 4.72 Å². The van der Waals surface area contributed by atoms with Gasteiger partial charge in [0.05, 0.1) is 28.6 Å². The second-order valence-corrected chi connectivity index (χ2v) is 6.71. The Hall–Kier alpha value is -3.13. The van der Waals surface area contributed by atoms with Crippen LogP contribution in [0.15, 0.2) is 53.4 Å². The van der Waals surface area contributed by atoms with Crippen molar-refractivity contribution in [1.82, 2.24) is 4.72 Å². The van der Waals surface area contributed by atoms with Gasteiger partial charge in [-0.2, -0.15) is 9.98 Å². The van der Waals surface area contributed by atoms with E-state index in [1.165, 1.54) is 24.3 Å². The van der Waals surface area contributed by atoms with Crippen LogP contribution in [0.1, 0.15) is 21.5 Å². The topological polar surface area (TPSA) is 96.3 Å². The number of esters is 1. The fourth-order valence-corrected chi connectivity index (χ4v) is 2.90. The SMILES string of the molecule is C#CCNS(=O)(=O)c1cccc(C(=O)OCc2ccc(C#N)cc2)c1. The number of rotatable bonds is 6. The molecule has 0 saturated heterocycles. The summed E-state index contributed by atoms with van der Waals surface area (Å²) >= 11 is 0. The summed E-state index contributed by atoms with van der Waals surface area (Å²) in [4.78, 5) is 12.0. The number of benzene rings is 2. The fourth-order valence-electron chi connectivity index (χ4n) is 1.92. The normalized spacial score (nSPS) is 10.5. The number of nitriles is 1. The molecule has 2 aromatic rings. The van der Waals surface area contributed by atoms with Crippen molar-refractivity contribution in [3.8, 4) is 18.4 Å². The summed E-state index contributed by atoms with van der Waals surface area (Å²) < 4.78 is 31.4. The summed E-state index contributed by atoms with van der Waals surface area (Å²) in [5.74, 6) is 1.52. The zero-order valence-corrected chi connectivity index (χ0v) is 13.9. The van der Waals surface area contributed by atoms with Gasteiger partial charge in [0.2, 0.25) is 10.0 Å². The van der Waals surface area contributed by atoms with Crippen molar-refractivity contribution in [2.75, 3.05) is 6.54 Å². The maximum Gasteiger partial charge on any atom is 0.338 e. The minimum absolute atomic E-state index is 0.0108. The first-order valence-corrected chi connectivity index (χ1v) is 8.64. The van der Waals surface area contributed by atoms with E-state index in [1.54, 1.807) is 24.3 Å². The molecule has 0 radical (unpaired) electrons. The van der Waals surface area contributed by atoms with Crippen molar-refractivity contribution >= 4 is 16.0 Å². The Labute approximate surface area is 146 Å². The molecule has 2 aromatic carbocycles. The molecule has 0 heterocycles. The fraction of sp³-hybridized carbons (Fsp3) is 0.111. The lowest BCUT2D eigenvalue weighted by Gasteiger charge is -2.08. The summed E-state index contributed by atoms with van der Waals surface area (Å²) in [5, 5.41) is 8.74. The van der Waals surface area contributed by atoms with Gasteiger partial charge >= 0.3 is 5.97 Å². The molecular formula is C18H14N2O4S. The molecule has 0 aromatic heterocycles. The highest BCUT2D eigenvalue weighted by atomic mass is 32.2. The largest absolute Gasteiger partial charge is 0.457 e. The third-order valence-electron chi connectivity index (χ3n) is 3.20. The zero-order valence-electron chi connectivity index (χ0n) is 13.1. The van der Waals surface area contributed by atoms with Crippen LogP contribution in [0.2, 0.25) is 0 Å². The van der Waals surface area contributed by atoms with Crippen molar-refractivity contribution in [2.45, 2.75) is 11.5 Å². The summed E-state index contributed by atoms with van der Waals surface area (Å²) in [6.07, 6.45) is 5.04. The van der Waals surface area contributed by atoms with Crippen molar-refractivity contribution in [2.24, 2.45) is 0 Å². The number of carbonyl (C=O) groups is 1. The number of ether oxygens (including phenoxy) is 1. The lowest BCUT2D eigenvalue weighted by atomic mass is 10.1. The van der Waals surface area contributed by atoms with Crippen LogP contribution in [0, 0.1) is 23.7 Å². The van der Waals surface area contributed by atoms with Gasteiger partial charge in [-0.15, -0.1) is 6.42 Å². The van der Waals surface area contributed by atoms with E-state index in [1.807, 2.05) is 6.07 Å². The number of nitrogens with one attached hydrogen (secondary N) is 1. The van der Waals surface area contributed by atoms with Crippen LogP contribution in [-0.4, -0.2) is 20.9 Å². The molecule has 2 rings (SSSR count). The van der Waals surface area contributed by atoms with E-state index in [-0.39, 0.29) is 23.6 Å². The second kappa shape index (κ2) is 8.11. The minimum atomic E-state index is -3.78. The van der Waals surface area contributed by atoms with Gasteiger partial charge in [0.15, 0.2) is 0 Å². The third kappa shape index (κ3) is 4.92. The molecule has 0 fully saturated rings. The molecule has 0 amide bonds. The van der Waals surface area contributed by atoms with Crippen LogP contribution in [0.4, 0.5) is 0 Å². The molecule has 0 unspecified atom stereocenters. The van der Waals surface area contributed by atoms with Crippen molar-refractivity contribution in [3.63, 3.8) is 0 Å². The highest BCUT2D eigenvalue weighted by molar-refractivity contribution is 7.89. The Morgan fingerprint density at radius 1 is 1.20 bits per heavy atom. The van der Waals surface area contributed by atoms with Crippen molar-refractivity contribution in [3.05, 3.63) is 65.2 Å². The minimum Gasteiger partial charge on any atom is -0.457 e. The predicted octanol–water partition coefficient (Wildman–Crippen LogP) is 1.83. The van der Waals surface area contributed by atoms with E-state index in [9.17, 15) is 13.2 Å². The van der Waals surface area contributed by atoms with E-state index >= 15 is 0 Å². The number of hydrogen-bond donors (Lipinski definition) is 1. The average molecular weight is 354 g/mol. The molecule has 0 aliphatic rings. The van der Waals surface area contributed by atoms with Crippen LogP contribution in [0.25, 0.3) is 0 Å². The molecule has 7 heteroatoms. The molecule has 0 saturated carbocycles. The number of terminal acetylenes is 1. The molecule has 0 atom stereocenters. The van der Waals surface area contributed by atoms with E-state index in [2.05, 4.69) is 10.6 Å². The van der Waals surface area contributed by atoms with Gasteiger partial charge in [-0.05, 0) is 35.9 Å². The molecule has 0 spiro atoms. The van der Waals surface area contributed by atoms with Gasteiger partial charge < -0.3 is 4.74 Å². The maximum absolute atomic E-state index is 12.1. The number of hydrogen-bond acceptors (Lipinski definition) is 5. The number of sulfonamides is 1. The first-order chi connectivity index (χ1) is 12.0. The second-order valence-electron chi connectivity index (χ2n) is 4.94. The molecule has 25 heavy (non-hydrogen) atoms. The summed E-state index contributed by atoms with van der Waals surface area (Å²) in [7, 11) is -3.78. The Morgan fingerprint density at radius 3 is 2.56 bits per heavy atom. The molecule has 6 nitrogen and oxygen atoms in total. The standard InChI is InChI=1S/C18H14N2O4S/c1-2-10-20-25(22,23)17-5-3-4-16(11-17)18(21)24-13-15-8-6-14(12-19)7-9-15/h1,3-9,11,20H,10,13H2. The van der Waals surface area contributed by atoms with Gasteiger partial charge in [-0.25, -0.2) is 13.2 Å². The van der Waals surface area contributed by atoms with Crippen molar-refractivity contribution < 1.29 is 17.9 Å². The molecule has 0 aliphatic heterocycles. The summed E-state index contributed by atoms with van der Waals surface area (Å²) in [5.41, 5.74) is 1.33. The van der Waals surface area contributed by atoms with E-state index < -0.39 is 16.0 Å². The Balaban J connectivity index is 2.08. The maximum atomic E-state index is 12.1. The highest BCUT2D eigenvalue weighted by Gasteiger charge is 2.16. The van der Waals surface area contributed by atoms with Crippen molar-refractivity contribution in [1.29, 1.82) is 5.26 Å².